The van der Waals surface area contributed by atoms with Crippen molar-refractivity contribution in [3.05, 3.63) is 22.8 Å². The first-order chi connectivity index (χ1) is 9.31. The number of fused-ring (bicyclic) bond motifs is 2. The van der Waals surface area contributed by atoms with E-state index in [-0.39, 0.29) is 6.10 Å². The smallest absolute Gasteiger partial charge is 0.158 e. The van der Waals surface area contributed by atoms with E-state index >= 15 is 0 Å². The van der Waals surface area contributed by atoms with Gasteiger partial charge in [-0.3, -0.25) is 4.90 Å². The first-order valence-corrected chi connectivity index (χ1v) is 7.24. The second kappa shape index (κ2) is 4.51. The monoisotopic (exact) mass is 260 g/mol. The van der Waals surface area contributed by atoms with Gasteiger partial charge in [0, 0.05) is 36.9 Å². The van der Waals surface area contributed by atoms with Gasteiger partial charge in [0.1, 0.15) is 6.10 Å². The summed E-state index contributed by atoms with van der Waals surface area (Å²) >= 11 is 0. The van der Waals surface area contributed by atoms with E-state index in [0.717, 1.165) is 43.5 Å². The van der Waals surface area contributed by atoms with Gasteiger partial charge in [0.15, 0.2) is 5.82 Å². The largest absolute Gasteiger partial charge is 0.367 e. The molecule has 0 aromatic carbocycles. The summed E-state index contributed by atoms with van der Waals surface area (Å²) in [6, 6.07) is 0.633. The zero-order chi connectivity index (χ0) is 12.8. The lowest BCUT2D eigenvalue weighted by Crippen LogP contribution is -2.43. The number of morpholine rings is 1. The highest BCUT2D eigenvalue weighted by molar-refractivity contribution is 5.28. The van der Waals surface area contributed by atoms with Crippen LogP contribution in [0.2, 0.25) is 0 Å². The predicted octanol–water partition coefficient (Wildman–Crippen LogP) is 0.924. The van der Waals surface area contributed by atoms with Crippen LogP contribution in [0.15, 0.2) is 0 Å². The number of aromatic nitrogens is 2. The molecule has 2 atom stereocenters. The van der Waals surface area contributed by atoms with Crippen LogP contribution in [0.4, 0.5) is 0 Å². The second-order valence-electron chi connectivity index (χ2n) is 5.81. The van der Waals surface area contributed by atoms with Gasteiger partial charge >= 0.3 is 0 Å². The van der Waals surface area contributed by atoms with Gasteiger partial charge in [0.25, 0.3) is 0 Å². The maximum absolute atomic E-state index is 6.01. The lowest BCUT2D eigenvalue weighted by atomic mass is 10.1. The Morgan fingerprint density at radius 1 is 1.32 bits per heavy atom. The van der Waals surface area contributed by atoms with Gasteiger partial charge in [0.2, 0.25) is 0 Å². The standard InChI is InChI=1S/C14H20N4O/c1-9-11-5-15-6-12(11)17-14(16-9)13-7-18-4-2-3-10(18)8-19-13/h10,13,15H,2-8H2,1H3. The summed E-state index contributed by atoms with van der Waals surface area (Å²) in [7, 11) is 0. The van der Waals surface area contributed by atoms with Crippen LogP contribution in [-0.4, -0.2) is 40.6 Å². The van der Waals surface area contributed by atoms with Crippen molar-refractivity contribution in [3.63, 3.8) is 0 Å². The molecule has 0 spiro atoms. The maximum Gasteiger partial charge on any atom is 0.158 e. The van der Waals surface area contributed by atoms with Gasteiger partial charge in [-0.1, -0.05) is 0 Å². The molecule has 0 amide bonds. The minimum Gasteiger partial charge on any atom is -0.367 e. The minimum atomic E-state index is 0.0546. The molecule has 5 heteroatoms. The summed E-state index contributed by atoms with van der Waals surface area (Å²) in [6.45, 7) is 6.85. The van der Waals surface area contributed by atoms with Crippen LogP contribution in [0.1, 0.15) is 41.7 Å². The molecule has 0 saturated carbocycles. The molecular weight excluding hydrogens is 240 g/mol. The molecule has 2 fully saturated rings. The fourth-order valence-electron chi connectivity index (χ4n) is 3.48. The lowest BCUT2D eigenvalue weighted by Gasteiger charge is -2.34. The first kappa shape index (κ1) is 11.8. The van der Waals surface area contributed by atoms with E-state index in [1.165, 1.54) is 24.9 Å². The molecule has 2 unspecified atom stereocenters. The van der Waals surface area contributed by atoms with Gasteiger partial charge in [-0.25, -0.2) is 9.97 Å². The highest BCUT2D eigenvalue weighted by Gasteiger charge is 2.34. The van der Waals surface area contributed by atoms with E-state index in [1.807, 2.05) is 0 Å². The number of hydrogen-bond acceptors (Lipinski definition) is 5. The SMILES string of the molecule is Cc1nc(C2CN3CCCC3CO2)nc2c1CNC2. The number of rotatable bonds is 1. The van der Waals surface area contributed by atoms with Crippen molar-refractivity contribution < 1.29 is 4.74 Å². The van der Waals surface area contributed by atoms with Crippen molar-refractivity contribution in [3.8, 4) is 0 Å². The molecule has 19 heavy (non-hydrogen) atoms. The summed E-state index contributed by atoms with van der Waals surface area (Å²) in [4.78, 5) is 11.9. The molecule has 2 saturated heterocycles. The summed E-state index contributed by atoms with van der Waals surface area (Å²) in [5.74, 6) is 0.880. The molecular formula is C14H20N4O. The number of ether oxygens (including phenoxy) is 1. The molecule has 1 aromatic rings. The third-order valence-electron chi connectivity index (χ3n) is 4.59. The molecule has 5 nitrogen and oxygen atoms in total. The number of nitrogens with zero attached hydrogens (tertiary/aromatic N) is 3. The Kier molecular flexibility index (Phi) is 2.79. The summed E-state index contributed by atoms with van der Waals surface area (Å²) in [5, 5.41) is 3.34. The molecule has 4 heterocycles. The van der Waals surface area contributed by atoms with E-state index in [2.05, 4.69) is 22.1 Å². The summed E-state index contributed by atoms with van der Waals surface area (Å²) < 4.78 is 6.01. The van der Waals surface area contributed by atoms with Crippen molar-refractivity contribution in [1.82, 2.24) is 20.2 Å². The fourth-order valence-corrected chi connectivity index (χ4v) is 3.48. The van der Waals surface area contributed by atoms with Crippen LogP contribution in [0.25, 0.3) is 0 Å². The van der Waals surface area contributed by atoms with Crippen molar-refractivity contribution in [2.24, 2.45) is 0 Å². The molecule has 0 radical (unpaired) electrons. The average Bonchev–Trinajstić information content (AvgIpc) is 3.06. The Morgan fingerprint density at radius 2 is 2.26 bits per heavy atom. The van der Waals surface area contributed by atoms with Crippen LogP contribution in [0, 0.1) is 6.92 Å². The second-order valence-corrected chi connectivity index (χ2v) is 5.81. The van der Waals surface area contributed by atoms with Crippen LogP contribution < -0.4 is 5.32 Å². The number of aryl methyl sites for hydroxylation is 1. The Labute approximate surface area is 113 Å². The first-order valence-electron chi connectivity index (χ1n) is 7.24. The van der Waals surface area contributed by atoms with Crippen LogP contribution in [0.5, 0.6) is 0 Å². The van der Waals surface area contributed by atoms with Gasteiger partial charge < -0.3 is 10.1 Å². The molecule has 0 aliphatic carbocycles. The topological polar surface area (TPSA) is 50.3 Å². The Morgan fingerprint density at radius 3 is 3.21 bits per heavy atom. The van der Waals surface area contributed by atoms with E-state index in [4.69, 9.17) is 9.72 Å². The number of nitrogens with one attached hydrogen (secondary N) is 1. The third kappa shape index (κ3) is 1.96. The summed E-state index contributed by atoms with van der Waals surface area (Å²) in [6.07, 6.45) is 2.63. The molecule has 3 aliphatic rings. The van der Waals surface area contributed by atoms with Crippen molar-refractivity contribution in [2.75, 3.05) is 19.7 Å². The van der Waals surface area contributed by atoms with E-state index < -0.39 is 0 Å². The van der Waals surface area contributed by atoms with E-state index in [9.17, 15) is 0 Å². The summed E-state index contributed by atoms with van der Waals surface area (Å²) in [5.41, 5.74) is 3.55. The Balaban J connectivity index is 1.61. The Hall–Kier alpha value is -1.04. The van der Waals surface area contributed by atoms with E-state index in [1.54, 1.807) is 0 Å². The zero-order valence-corrected chi connectivity index (χ0v) is 11.4. The third-order valence-corrected chi connectivity index (χ3v) is 4.59. The quantitative estimate of drug-likeness (QED) is 0.814. The van der Waals surface area contributed by atoms with Crippen molar-refractivity contribution in [2.45, 2.75) is 45.0 Å². The molecule has 102 valence electrons. The minimum absolute atomic E-state index is 0.0546. The Bertz CT molecular complexity index is 504. The van der Waals surface area contributed by atoms with Gasteiger partial charge in [-0.2, -0.15) is 0 Å². The molecule has 4 rings (SSSR count). The maximum atomic E-state index is 6.01. The van der Waals surface area contributed by atoms with Gasteiger partial charge in [0.05, 0.1) is 12.3 Å². The van der Waals surface area contributed by atoms with E-state index in [0.29, 0.717) is 6.04 Å². The molecule has 0 bridgehead atoms. The highest BCUT2D eigenvalue weighted by atomic mass is 16.5. The zero-order valence-electron chi connectivity index (χ0n) is 11.4. The van der Waals surface area contributed by atoms with Crippen molar-refractivity contribution in [1.29, 1.82) is 0 Å². The van der Waals surface area contributed by atoms with Crippen LogP contribution in [-0.2, 0) is 17.8 Å². The van der Waals surface area contributed by atoms with Gasteiger partial charge in [-0.05, 0) is 26.3 Å². The number of hydrogen-bond donors (Lipinski definition) is 1. The molecule has 1 aromatic heterocycles. The van der Waals surface area contributed by atoms with Crippen molar-refractivity contribution >= 4 is 0 Å². The molecule has 3 aliphatic heterocycles. The fraction of sp³-hybridized carbons (Fsp3) is 0.714. The lowest BCUT2D eigenvalue weighted by molar-refractivity contribution is -0.0542. The molecule has 1 N–H and O–H groups in total. The average molecular weight is 260 g/mol. The highest BCUT2D eigenvalue weighted by Crippen LogP contribution is 2.29. The van der Waals surface area contributed by atoms with Crippen LogP contribution >= 0.6 is 0 Å². The predicted molar refractivity (Wildman–Crippen MR) is 70.6 cm³/mol. The van der Waals surface area contributed by atoms with Crippen LogP contribution in [0.3, 0.4) is 0 Å². The van der Waals surface area contributed by atoms with Gasteiger partial charge in [-0.15, -0.1) is 0 Å². The normalized spacial score (nSPS) is 30.4.